The van der Waals surface area contributed by atoms with Crippen molar-refractivity contribution in [2.75, 3.05) is 12.3 Å². The van der Waals surface area contributed by atoms with Crippen molar-refractivity contribution in [3.05, 3.63) is 121 Å². The Morgan fingerprint density at radius 3 is 1.00 bits per heavy atom. The smallest absolute Gasteiger partial charge is 0.0195 e. The predicted octanol–water partition coefficient (Wildman–Crippen LogP) is 6.67. The molecular weight excluding hydrogens is 422 g/mol. The first kappa shape index (κ1) is 22.9. The Hall–Kier alpha value is -2.26. The van der Waals surface area contributed by atoms with Crippen molar-refractivity contribution in [3.63, 3.8) is 0 Å². The summed E-state index contributed by atoms with van der Waals surface area (Å²) in [4.78, 5) is 0. The molecular formula is C30H32P2. The third-order valence-electron chi connectivity index (χ3n) is 5.85. The number of hydrogen-bond donors (Lipinski definition) is 0. The second kappa shape index (κ2) is 12.1. The van der Waals surface area contributed by atoms with Gasteiger partial charge in [0, 0.05) is 0 Å². The fourth-order valence-corrected chi connectivity index (χ4v) is 9.74. The lowest BCUT2D eigenvalue weighted by Gasteiger charge is -2.29. The molecule has 4 aromatic rings. The van der Waals surface area contributed by atoms with Gasteiger partial charge < -0.3 is 0 Å². The monoisotopic (exact) mass is 454 g/mol. The van der Waals surface area contributed by atoms with E-state index >= 15 is 0 Å². The van der Waals surface area contributed by atoms with Crippen LogP contribution in [-0.2, 0) is 0 Å². The molecule has 0 aliphatic carbocycles. The zero-order chi connectivity index (χ0) is 22.0. The van der Waals surface area contributed by atoms with Crippen LogP contribution in [-0.4, -0.2) is 12.3 Å². The van der Waals surface area contributed by atoms with E-state index in [2.05, 4.69) is 128 Å². The molecule has 0 fully saturated rings. The first-order chi connectivity index (χ1) is 15.8. The Balaban J connectivity index is 1.65. The molecule has 0 aliphatic heterocycles. The summed E-state index contributed by atoms with van der Waals surface area (Å²) < 4.78 is 0. The van der Waals surface area contributed by atoms with Crippen LogP contribution in [0.1, 0.15) is 19.8 Å². The molecule has 0 heterocycles. The van der Waals surface area contributed by atoms with Crippen LogP contribution in [0.4, 0.5) is 0 Å². The summed E-state index contributed by atoms with van der Waals surface area (Å²) in [7, 11) is -0.720. The summed E-state index contributed by atoms with van der Waals surface area (Å²) in [6, 6.07) is 44.8. The average Bonchev–Trinajstić information content (AvgIpc) is 2.88. The van der Waals surface area contributed by atoms with Crippen molar-refractivity contribution in [1.29, 1.82) is 0 Å². The molecule has 0 bridgehead atoms. The minimum absolute atomic E-state index is 0.360. The molecule has 0 aliphatic rings. The van der Waals surface area contributed by atoms with Crippen molar-refractivity contribution in [2.24, 2.45) is 5.92 Å². The van der Waals surface area contributed by atoms with E-state index in [4.69, 9.17) is 0 Å². The maximum absolute atomic E-state index is 2.34. The first-order valence-corrected chi connectivity index (χ1v) is 14.7. The van der Waals surface area contributed by atoms with E-state index in [9.17, 15) is 0 Å². The zero-order valence-electron chi connectivity index (χ0n) is 18.8. The number of hydrogen-bond acceptors (Lipinski definition) is 0. The highest BCUT2D eigenvalue weighted by molar-refractivity contribution is 7.74. The van der Waals surface area contributed by atoms with Gasteiger partial charge in [-0.1, -0.05) is 135 Å². The molecule has 0 aromatic heterocycles. The molecule has 0 N–H and O–H groups in total. The Bertz CT molecular complexity index is 869. The molecule has 0 amide bonds. The summed E-state index contributed by atoms with van der Waals surface area (Å²) in [5.74, 6) is 0.707. The van der Waals surface area contributed by atoms with Crippen LogP contribution in [0.25, 0.3) is 0 Å². The minimum atomic E-state index is -0.360. The van der Waals surface area contributed by atoms with E-state index < -0.39 is 0 Å². The Kier molecular flexibility index (Phi) is 8.67. The van der Waals surface area contributed by atoms with Crippen molar-refractivity contribution in [3.8, 4) is 0 Å². The zero-order valence-corrected chi connectivity index (χ0v) is 20.6. The predicted molar refractivity (Wildman–Crippen MR) is 146 cm³/mol. The van der Waals surface area contributed by atoms with Gasteiger partial charge in [-0.05, 0) is 61.7 Å². The summed E-state index contributed by atoms with van der Waals surface area (Å²) in [5.41, 5.74) is 0. The largest absolute Gasteiger partial charge is 0.0654 e. The van der Waals surface area contributed by atoms with Crippen molar-refractivity contribution in [1.82, 2.24) is 0 Å². The van der Waals surface area contributed by atoms with Gasteiger partial charge in [0.05, 0.1) is 0 Å². The van der Waals surface area contributed by atoms with E-state index in [-0.39, 0.29) is 15.8 Å². The first-order valence-electron chi connectivity index (χ1n) is 11.6. The SMILES string of the molecule is CCCC(CP(c1ccccc1)c1ccccc1)CP(c1ccccc1)c1ccccc1. The highest BCUT2D eigenvalue weighted by Gasteiger charge is 2.24. The van der Waals surface area contributed by atoms with Crippen LogP contribution >= 0.6 is 15.8 Å². The van der Waals surface area contributed by atoms with Crippen LogP contribution in [0.2, 0.25) is 0 Å². The van der Waals surface area contributed by atoms with E-state index in [0.717, 1.165) is 0 Å². The van der Waals surface area contributed by atoms with Gasteiger partial charge in [-0.3, -0.25) is 0 Å². The maximum Gasteiger partial charge on any atom is -0.0195 e. The summed E-state index contributed by atoms with van der Waals surface area (Å²) in [6.07, 6.45) is 5.05. The summed E-state index contributed by atoms with van der Waals surface area (Å²) in [5, 5.41) is 5.99. The van der Waals surface area contributed by atoms with Gasteiger partial charge in [0.1, 0.15) is 0 Å². The Morgan fingerprint density at radius 2 is 0.750 bits per heavy atom. The Morgan fingerprint density at radius 1 is 0.469 bits per heavy atom. The standard InChI is InChI=1S/C30H32P2/c1-2-15-26(24-31(27-16-7-3-8-17-27)28-18-9-4-10-19-28)25-32(29-20-11-5-12-21-29)30-22-13-6-14-23-30/h3-14,16-23,26H,2,15,24-25H2,1H3. The van der Waals surface area contributed by atoms with E-state index in [0.29, 0.717) is 5.92 Å². The number of rotatable bonds is 10. The second-order valence-corrected chi connectivity index (χ2v) is 12.7. The summed E-state index contributed by atoms with van der Waals surface area (Å²) in [6.45, 7) is 2.34. The topological polar surface area (TPSA) is 0 Å². The lowest BCUT2D eigenvalue weighted by Crippen LogP contribution is -2.23. The quantitative estimate of drug-likeness (QED) is 0.235. The third kappa shape index (κ3) is 6.16. The molecule has 0 saturated carbocycles. The van der Waals surface area contributed by atoms with Crippen LogP contribution < -0.4 is 21.2 Å². The fraction of sp³-hybridized carbons (Fsp3) is 0.200. The van der Waals surface area contributed by atoms with Crippen LogP contribution in [0.15, 0.2) is 121 Å². The molecule has 32 heavy (non-hydrogen) atoms. The molecule has 0 spiro atoms. The Labute approximate surface area is 196 Å². The van der Waals surface area contributed by atoms with Crippen LogP contribution in [0.3, 0.4) is 0 Å². The average molecular weight is 455 g/mol. The lowest BCUT2D eigenvalue weighted by atomic mass is 10.1. The highest BCUT2D eigenvalue weighted by Crippen LogP contribution is 2.43. The molecule has 0 atom stereocenters. The van der Waals surface area contributed by atoms with Gasteiger partial charge >= 0.3 is 0 Å². The second-order valence-electron chi connectivity index (χ2n) is 8.22. The van der Waals surface area contributed by atoms with Crippen molar-refractivity contribution < 1.29 is 0 Å². The normalized spacial score (nSPS) is 11.4. The van der Waals surface area contributed by atoms with Crippen molar-refractivity contribution in [2.45, 2.75) is 19.8 Å². The minimum Gasteiger partial charge on any atom is -0.0654 e. The van der Waals surface area contributed by atoms with Gasteiger partial charge in [-0.15, -0.1) is 0 Å². The van der Waals surface area contributed by atoms with Crippen molar-refractivity contribution >= 4 is 37.1 Å². The highest BCUT2D eigenvalue weighted by atomic mass is 31.1. The van der Waals surface area contributed by atoms with Gasteiger partial charge in [-0.2, -0.15) is 0 Å². The fourth-order valence-electron chi connectivity index (χ4n) is 4.32. The summed E-state index contributed by atoms with van der Waals surface area (Å²) >= 11 is 0. The molecule has 4 rings (SSSR count). The molecule has 0 saturated heterocycles. The van der Waals surface area contributed by atoms with Gasteiger partial charge in [-0.25, -0.2) is 0 Å². The molecule has 0 radical (unpaired) electrons. The van der Waals surface area contributed by atoms with Gasteiger partial charge in [0.15, 0.2) is 0 Å². The molecule has 0 unspecified atom stereocenters. The van der Waals surface area contributed by atoms with E-state index in [1.54, 1.807) is 0 Å². The lowest BCUT2D eigenvalue weighted by molar-refractivity contribution is 0.590. The van der Waals surface area contributed by atoms with Crippen LogP contribution in [0.5, 0.6) is 0 Å². The molecule has 4 aromatic carbocycles. The third-order valence-corrected chi connectivity index (χ3v) is 11.3. The van der Waals surface area contributed by atoms with Gasteiger partial charge in [0.2, 0.25) is 0 Å². The van der Waals surface area contributed by atoms with Gasteiger partial charge in [0.25, 0.3) is 0 Å². The van der Waals surface area contributed by atoms with E-state index in [1.807, 2.05) is 0 Å². The van der Waals surface area contributed by atoms with Crippen LogP contribution in [0, 0.1) is 5.92 Å². The molecule has 2 heteroatoms. The number of benzene rings is 4. The molecule has 0 nitrogen and oxygen atoms in total. The molecule has 162 valence electrons. The maximum atomic E-state index is 2.34. The van der Waals surface area contributed by atoms with E-state index in [1.165, 1.54) is 46.4 Å².